The fourth-order valence-electron chi connectivity index (χ4n) is 2.29. The van der Waals surface area contributed by atoms with Crippen molar-refractivity contribution in [2.45, 2.75) is 18.6 Å². The average Bonchev–Trinajstić information content (AvgIpc) is 2.47. The predicted octanol–water partition coefficient (Wildman–Crippen LogP) is 1.96. The quantitative estimate of drug-likeness (QED) is 0.831. The van der Waals surface area contributed by atoms with Crippen molar-refractivity contribution in [1.29, 1.82) is 0 Å². The monoisotopic (exact) mass is 279 g/mol. The molecule has 1 unspecified atom stereocenters. The van der Waals surface area contributed by atoms with Crippen LogP contribution in [0.15, 0.2) is 18.2 Å². The van der Waals surface area contributed by atoms with E-state index in [1.54, 1.807) is 13.1 Å². The normalized spacial score (nSPS) is 19.3. The lowest BCUT2D eigenvalue weighted by molar-refractivity contribution is 0.0963. The molecule has 0 saturated carbocycles. The number of nitrogens with one attached hydrogen (secondary N) is 1. The van der Waals surface area contributed by atoms with E-state index in [-0.39, 0.29) is 5.91 Å². The van der Waals surface area contributed by atoms with E-state index in [1.165, 1.54) is 0 Å². The largest absolute Gasteiger partial charge is 0.397 e. The van der Waals surface area contributed by atoms with E-state index in [9.17, 15) is 4.79 Å². The van der Waals surface area contributed by atoms with Crippen molar-refractivity contribution in [3.63, 3.8) is 0 Å². The fraction of sp³-hybridized carbons (Fsp3) is 0.500. The molecule has 1 aliphatic heterocycles. The second-order valence-electron chi connectivity index (χ2n) is 4.70. The molecule has 0 aliphatic carbocycles. The number of carbonyl (C=O) groups is 1. The highest BCUT2D eigenvalue weighted by Gasteiger charge is 2.21. The smallest absolute Gasteiger partial charge is 0.251 e. The highest BCUT2D eigenvalue weighted by molar-refractivity contribution is 8.00. The van der Waals surface area contributed by atoms with Crippen LogP contribution in [0.3, 0.4) is 0 Å². The van der Waals surface area contributed by atoms with E-state index in [4.69, 9.17) is 5.73 Å². The number of rotatable bonds is 3. The summed E-state index contributed by atoms with van der Waals surface area (Å²) in [6.45, 7) is 4.20. The fourth-order valence-corrected chi connectivity index (χ4v) is 3.47. The lowest BCUT2D eigenvalue weighted by Gasteiger charge is -2.34. The number of nitrogens with zero attached hydrogens (tertiary/aromatic N) is 1. The second-order valence-corrected chi connectivity index (χ2v) is 6.11. The van der Waals surface area contributed by atoms with E-state index >= 15 is 0 Å². The van der Waals surface area contributed by atoms with Crippen LogP contribution in [-0.2, 0) is 0 Å². The van der Waals surface area contributed by atoms with Crippen molar-refractivity contribution >= 4 is 29.0 Å². The Balaban J connectivity index is 2.25. The molecule has 1 fully saturated rings. The Bertz CT molecular complexity index is 464. The van der Waals surface area contributed by atoms with Crippen molar-refractivity contribution in [3.05, 3.63) is 23.8 Å². The predicted molar refractivity (Wildman–Crippen MR) is 83.0 cm³/mol. The van der Waals surface area contributed by atoms with Crippen LogP contribution in [0.1, 0.15) is 23.7 Å². The van der Waals surface area contributed by atoms with Gasteiger partial charge in [0.25, 0.3) is 5.91 Å². The van der Waals surface area contributed by atoms with Crippen molar-refractivity contribution in [3.8, 4) is 0 Å². The van der Waals surface area contributed by atoms with Crippen LogP contribution in [0.25, 0.3) is 0 Å². The number of anilines is 2. The number of carbonyl (C=O) groups excluding carboxylic acids is 1. The topological polar surface area (TPSA) is 58.4 Å². The molecule has 0 bridgehead atoms. The van der Waals surface area contributed by atoms with Gasteiger partial charge in [-0.2, -0.15) is 11.8 Å². The Morgan fingerprint density at radius 3 is 3.05 bits per heavy atom. The van der Waals surface area contributed by atoms with Crippen LogP contribution in [0.5, 0.6) is 0 Å². The van der Waals surface area contributed by atoms with Gasteiger partial charge in [-0.3, -0.25) is 4.79 Å². The number of hydrogen-bond donors (Lipinski definition) is 2. The summed E-state index contributed by atoms with van der Waals surface area (Å²) in [5.74, 6) is 1.04. The molecule has 3 N–H and O–H groups in total. The summed E-state index contributed by atoms with van der Waals surface area (Å²) in [5.41, 5.74) is 8.46. The third kappa shape index (κ3) is 3.15. The minimum Gasteiger partial charge on any atom is -0.397 e. The summed E-state index contributed by atoms with van der Waals surface area (Å²) in [6, 6.07) is 5.49. The number of nitrogens with two attached hydrogens (primary N) is 1. The molecule has 0 aromatic heterocycles. The standard InChI is InChI=1S/C14H21N3OS/c1-3-11-9-17(6-7-19-11)13-8-10(14(18)16-2)4-5-12(13)15/h4-5,8,11H,3,6-7,9,15H2,1-2H3,(H,16,18). The number of nitrogen functional groups attached to an aromatic ring is 1. The van der Waals surface area contributed by atoms with Gasteiger partial charge in [-0.05, 0) is 24.6 Å². The maximum Gasteiger partial charge on any atom is 0.251 e. The first-order valence-corrected chi connectivity index (χ1v) is 7.68. The molecule has 1 aromatic rings. The minimum atomic E-state index is -0.0697. The third-order valence-electron chi connectivity index (χ3n) is 3.45. The van der Waals surface area contributed by atoms with Gasteiger partial charge < -0.3 is 16.0 Å². The zero-order valence-electron chi connectivity index (χ0n) is 11.5. The van der Waals surface area contributed by atoms with Crippen LogP contribution in [0, 0.1) is 0 Å². The van der Waals surface area contributed by atoms with Gasteiger partial charge in [0.05, 0.1) is 11.4 Å². The van der Waals surface area contributed by atoms with Gasteiger partial charge in [-0.15, -0.1) is 0 Å². The lowest BCUT2D eigenvalue weighted by Crippen LogP contribution is -2.38. The summed E-state index contributed by atoms with van der Waals surface area (Å²) in [4.78, 5) is 14.0. The Kier molecular flexibility index (Phi) is 4.58. The van der Waals surface area contributed by atoms with Gasteiger partial charge in [0.2, 0.25) is 0 Å². The lowest BCUT2D eigenvalue weighted by atomic mass is 10.1. The molecular formula is C14H21N3OS. The Morgan fingerprint density at radius 2 is 2.37 bits per heavy atom. The number of amides is 1. The van der Waals surface area contributed by atoms with Crippen LogP contribution in [0.2, 0.25) is 0 Å². The van der Waals surface area contributed by atoms with Gasteiger partial charge in [0.1, 0.15) is 0 Å². The van der Waals surface area contributed by atoms with Crippen LogP contribution in [0.4, 0.5) is 11.4 Å². The maximum absolute atomic E-state index is 11.7. The summed E-state index contributed by atoms with van der Waals surface area (Å²) >= 11 is 2.02. The van der Waals surface area contributed by atoms with Crippen LogP contribution < -0.4 is 16.0 Å². The summed E-state index contributed by atoms with van der Waals surface area (Å²) in [6.07, 6.45) is 1.16. The van der Waals surface area contributed by atoms with E-state index in [0.717, 1.165) is 36.6 Å². The maximum atomic E-state index is 11.7. The molecule has 19 heavy (non-hydrogen) atoms. The molecule has 104 valence electrons. The zero-order chi connectivity index (χ0) is 13.8. The number of thioether (sulfide) groups is 1. The highest BCUT2D eigenvalue weighted by atomic mass is 32.2. The molecule has 1 saturated heterocycles. The average molecular weight is 279 g/mol. The Labute approximate surface area is 118 Å². The number of benzene rings is 1. The first kappa shape index (κ1) is 14.1. The van der Waals surface area contributed by atoms with E-state index < -0.39 is 0 Å². The zero-order valence-corrected chi connectivity index (χ0v) is 12.3. The van der Waals surface area contributed by atoms with Crippen LogP contribution >= 0.6 is 11.8 Å². The summed E-state index contributed by atoms with van der Waals surface area (Å²) in [7, 11) is 1.64. The molecule has 1 heterocycles. The number of hydrogen-bond acceptors (Lipinski definition) is 4. The van der Waals surface area contributed by atoms with Crippen LogP contribution in [-0.4, -0.2) is 37.0 Å². The van der Waals surface area contributed by atoms with Gasteiger partial charge >= 0.3 is 0 Å². The van der Waals surface area contributed by atoms with Crippen molar-refractivity contribution < 1.29 is 4.79 Å². The summed E-state index contributed by atoms with van der Waals surface area (Å²) in [5, 5.41) is 3.30. The molecule has 4 nitrogen and oxygen atoms in total. The summed E-state index contributed by atoms with van der Waals surface area (Å²) < 4.78 is 0. The van der Waals surface area contributed by atoms with E-state index in [1.807, 2.05) is 23.9 Å². The molecule has 1 aliphatic rings. The molecule has 0 spiro atoms. The first-order valence-electron chi connectivity index (χ1n) is 6.63. The SMILES string of the molecule is CCC1CN(c2cc(C(=O)NC)ccc2N)CCS1. The highest BCUT2D eigenvalue weighted by Crippen LogP contribution is 2.30. The third-order valence-corrected chi connectivity index (χ3v) is 4.83. The molecular weight excluding hydrogens is 258 g/mol. The second kappa shape index (κ2) is 6.19. The minimum absolute atomic E-state index is 0.0697. The van der Waals surface area contributed by atoms with Crippen molar-refractivity contribution in [1.82, 2.24) is 5.32 Å². The van der Waals surface area contributed by atoms with Gasteiger partial charge in [-0.25, -0.2) is 0 Å². The molecule has 5 heteroatoms. The Morgan fingerprint density at radius 1 is 1.58 bits per heavy atom. The van der Waals surface area contributed by atoms with Crippen molar-refractivity contribution in [2.24, 2.45) is 0 Å². The molecule has 0 radical (unpaired) electrons. The molecule has 1 amide bonds. The van der Waals surface area contributed by atoms with Gasteiger partial charge in [-0.1, -0.05) is 6.92 Å². The van der Waals surface area contributed by atoms with E-state index in [2.05, 4.69) is 17.1 Å². The Hall–Kier alpha value is -1.36. The molecule has 2 rings (SSSR count). The van der Waals surface area contributed by atoms with E-state index in [0.29, 0.717) is 10.8 Å². The molecule has 1 atom stereocenters. The molecule has 1 aromatic carbocycles. The first-order chi connectivity index (χ1) is 9.15. The van der Waals surface area contributed by atoms with Gasteiger partial charge in [0.15, 0.2) is 0 Å². The van der Waals surface area contributed by atoms with Crippen molar-refractivity contribution in [2.75, 3.05) is 36.5 Å². The van der Waals surface area contributed by atoms with Gasteiger partial charge in [0, 0.05) is 36.7 Å².